The Bertz CT molecular complexity index is 565. The summed E-state index contributed by atoms with van der Waals surface area (Å²) in [5.74, 6) is 2.07. The predicted octanol–water partition coefficient (Wildman–Crippen LogP) is 3.13. The summed E-state index contributed by atoms with van der Waals surface area (Å²) in [5.41, 5.74) is 8.35. The first-order valence-electron chi connectivity index (χ1n) is 6.10. The first-order chi connectivity index (χ1) is 8.74. The Hall–Kier alpha value is -1.17. The lowest BCUT2D eigenvalue weighted by atomic mass is 10.1. The number of benzene rings is 1. The molecule has 92 valence electrons. The highest BCUT2D eigenvalue weighted by Gasteiger charge is 2.28. The SMILES string of the molecule is Nc1nc(Cc2ccccc2)nc(C2CC2)c1I. The van der Waals surface area contributed by atoms with Gasteiger partial charge in [0.25, 0.3) is 0 Å². The molecule has 0 radical (unpaired) electrons. The summed E-state index contributed by atoms with van der Waals surface area (Å²) in [7, 11) is 0. The lowest BCUT2D eigenvalue weighted by molar-refractivity contribution is 0.894. The second-order valence-electron chi connectivity index (χ2n) is 4.66. The summed E-state index contributed by atoms with van der Waals surface area (Å²) >= 11 is 2.26. The van der Waals surface area contributed by atoms with Gasteiger partial charge in [0, 0.05) is 12.3 Å². The summed E-state index contributed by atoms with van der Waals surface area (Å²) in [5, 5.41) is 0. The van der Waals surface area contributed by atoms with E-state index >= 15 is 0 Å². The van der Waals surface area contributed by atoms with Crippen LogP contribution in [0.2, 0.25) is 0 Å². The number of hydrogen-bond acceptors (Lipinski definition) is 3. The number of halogens is 1. The average Bonchev–Trinajstić information content (AvgIpc) is 3.19. The van der Waals surface area contributed by atoms with Gasteiger partial charge in [0.15, 0.2) is 0 Å². The zero-order valence-corrected chi connectivity index (χ0v) is 12.1. The maximum Gasteiger partial charge on any atom is 0.140 e. The van der Waals surface area contributed by atoms with Gasteiger partial charge < -0.3 is 5.73 Å². The molecule has 1 heterocycles. The highest BCUT2D eigenvalue weighted by molar-refractivity contribution is 14.1. The van der Waals surface area contributed by atoms with Crippen LogP contribution in [0.3, 0.4) is 0 Å². The lowest BCUT2D eigenvalue weighted by Gasteiger charge is -2.08. The van der Waals surface area contributed by atoms with E-state index in [0.29, 0.717) is 11.7 Å². The largest absolute Gasteiger partial charge is 0.383 e. The molecule has 0 amide bonds. The van der Waals surface area contributed by atoms with Gasteiger partial charge in [-0.25, -0.2) is 9.97 Å². The van der Waals surface area contributed by atoms with Gasteiger partial charge in [0.05, 0.1) is 9.26 Å². The average molecular weight is 351 g/mol. The Labute approximate surface area is 120 Å². The number of nitrogens with zero attached hydrogens (tertiary/aromatic N) is 2. The van der Waals surface area contributed by atoms with E-state index in [1.54, 1.807) is 0 Å². The molecule has 1 aliphatic rings. The van der Waals surface area contributed by atoms with Crippen molar-refractivity contribution in [1.29, 1.82) is 0 Å². The maximum atomic E-state index is 5.98. The minimum atomic E-state index is 0.608. The minimum absolute atomic E-state index is 0.608. The third-order valence-electron chi connectivity index (χ3n) is 3.12. The second kappa shape index (κ2) is 4.84. The molecule has 1 fully saturated rings. The zero-order valence-electron chi connectivity index (χ0n) is 9.94. The van der Waals surface area contributed by atoms with Crippen molar-refractivity contribution in [3.05, 3.63) is 51.0 Å². The Morgan fingerprint density at radius 1 is 1.17 bits per heavy atom. The Morgan fingerprint density at radius 2 is 1.89 bits per heavy atom. The van der Waals surface area contributed by atoms with Gasteiger partial charge in [-0.05, 0) is 41.0 Å². The number of aromatic nitrogens is 2. The fourth-order valence-corrected chi connectivity index (χ4v) is 2.70. The van der Waals surface area contributed by atoms with Crippen molar-refractivity contribution in [3.63, 3.8) is 0 Å². The smallest absolute Gasteiger partial charge is 0.140 e. The highest BCUT2D eigenvalue weighted by atomic mass is 127. The molecule has 0 saturated heterocycles. The quantitative estimate of drug-likeness (QED) is 0.865. The second-order valence-corrected chi connectivity index (χ2v) is 5.74. The van der Waals surface area contributed by atoms with Gasteiger partial charge in [0.1, 0.15) is 11.6 Å². The van der Waals surface area contributed by atoms with Crippen LogP contribution in [0.4, 0.5) is 5.82 Å². The molecule has 4 heteroatoms. The normalized spacial score (nSPS) is 14.7. The molecule has 0 atom stereocenters. The lowest BCUT2D eigenvalue weighted by Crippen LogP contribution is -2.07. The molecule has 0 aliphatic heterocycles. The van der Waals surface area contributed by atoms with E-state index in [4.69, 9.17) is 10.7 Å². The minimum Gasteiger partial charge on any atom is -0.383 e. The molecule has 1 aromatic carbocycles. The molecule has 1 aliphatic carbocycles. The number of nitrogen functional groups attached to an aromatic ring is 1. The van der Waals surface area contributed by atoms with Crippen molar-refractivity contribution in [2.75, 3.05) is 5.73 Å². The third-order valence-corrected chi connectivity index (χ3v) is 4.22. The van der Waals surface area contributed by atoms with Crippen LogP contribution in [0.15, 0.2) is 30.3 Å². The molecule has 1 aromatic heterocycles. The molecule has 18 heavy (non-hydrogen) atoms. The van der Waals surface area contributed by atoms with Crippen molar-refractivity contribution in [1.82, 2.24) is 9.97 Å². The summed E-state index contributed by atoms with van der Waals surface area (Å²) in [6.45, 7) is 0. The van der Waals surface area contributed by atoms with E-state index in [-0.39, 0.29) is 0 Å². The number of rotatable bonds is 3. The van der Waals surface area contributed by atoms with E-state index in [1.165, 1.54) is 18.4 Å². The first kappa shape index (κ1) is 11.9. The standard InChI is InChI=1S/C14H14IN3/c15-12-13(10-6-7-10)17-11(18-14(12)16)8-9-4-2-1-3-5-9/h1-5,10H,6-8H2,(H2,16,17,18). The zero-order chi connectivity index (χ0) is 12.5. The number of hydrogen-bond donors (Lipinski definition) is 1. The molecule has 0 unspecified atom stereocenters. The molecule has 0 spiro atoms. The van der Waals surface area contributed by atoms with Gasteiger partial charge in [-0.15, -0.1) is 0 Å². The molecule has 2 N–H and O–H groups in total. The van der Waals surface area contributed by atoms with E-state index in [9.17, 15) is 0 Å². The number of anilines is 1. The molecule has 1 saturated carbocycles. The van der Waals surface area contributed by atoms with Crippen molar-refractivity contribution < 1.29 is 0 Å². The van der Waals surface area contributed by atoms with Crippen LogP contribution < -0.4 is 5.73 Å². The summed E-state index contributed by atoms with van der Waals surface area (Å²) in [6.07, 6.45) is 3.22. The monoisotopic (exact) mass is 351 g/mol. The van der Waals surface area contributed by atoms with Crippen LogP contribution in [-0.2, 0) is 6.42 Å². The fraction of sp³-hybridized carbons (Fsp3) is 0.286. The Morgan fingerprint density at radius 3 is 2.56 bits per heavy atom. The van der Waals surface area contributed by atoms with Crippen LogP contribution in [0.1, 0.15) is 35.8 Å². The molecule has 3 nitrogen and oxygen atoms in total. The predicted molar refractivity (Wildman–Crippen MR) is 80.4 cm³/mol. The Kier molecular flexibility index (Phi) is 3.20. The van der Waals surface area contributed by atoms with E-state index in [2.05, 4.69) is 39.7 Å². The molecular weight excluding hydrogens is 337 g/mol. The summed E-state index contributed by atoms with van der Waals surface area (Å²) in [4.78, 5) is 9.09. The van der Waals surface area contributed by atoms with Crippen LogP contribution in [0.25, 0.3) is 0 Å². The molecular formula is C14H14IN3. The third kappa shape index (κ3) is 2.48. The van der Waals surface area contributed by atoms with Gasteiger partial charge in [-0.1, -0.05) is 30.3 Å². The van der Waals surface area contributed by atoms with Crippen molar-refractivity contribution in [3.8, 4) is 0 Å². The van der Waals surface area contributed by atoms with Gasteiger partial charge >= 0.3 is 0 Å². The van der Waals surface area contributed by atoms with Crippen molar-refractivity contribution >= 4 is 28.4 Å². The van der Waals surface area contributed by atoms with E-state index < -0.39 is 0 Å². The summed E-state index contributed by atoms with van der Waals surface area (Å²) in [6, 6.07) is 10.3. The van der Waals surface area contributed by atoms with Gasteiger partial charge in [-0.2, -0.15) is 0 Å². The topological polar surface area (TPSA) is 51.8 Å². The fourth-order valence-electron chi connectivity index (χ4n) is 2.02. The van der Waals surface area contributed by atoms with Crippen LogP contribution in [0, 0.1) is 3.57 Å². The van der Waals surface area contributed by atoms with Gasteiger partial charge in [-0.3, -0.25) is 0 Å². The van der Waals surface area contributed by atoms with Crippen LogP contribution in [0.5, 0.6) is 0 Å². The first-order valence-corrected chi connectivity index (χ1v) is 7.17. The maximum absolute atomic E-state index is 5.98. The van der Waals surface area contributed by atoms with Crippen LogP contribution in [-0.4, -0.2) is 9.97 Å². The van der Waals surface area contributed by atoms with Crippen molar-refractivity contribution in [2.45, 2.75) is 25.2 Å². The molecule has 2 aromatic rings. The Balaban J connectivity index is 1.93. The number of nitrogens with two attached hydrogens (primary N) is 1. The van der Waals surface area contributed by atoms with Gasteiger partial charge in [0.2, 0.25) is 0 Å². The summed E-state index contributed by atoms with van der Waals surface area (Å²) < 4.78 is 1.03. The molecule has 0 bridgehead atoms. The molecule has 3 rings (SSSR count). The highest BCUT2D eigenvalue weighted by Crippen LogP contribution is 2.41. The van der Waals surface area contributed by atoms with Crippen LogP contribution >= 0.6 is 22.6 Å². The van der Waals surface area contributed by atoms with Crippen molar-refractivity contribution in [2.24, 2.45) is 0 Å². The van der Waals surface area contributed by atoms with E-state index in [0.717, 1.165) is 21.5 Å². The van der Waals surface area contributed by atoms with E-state index in [1.807, 2.05) is 18.2 Å².